The molecule has 0 radical (unpaired) electrons. The smallest absolute Gasteiger partial charge is 0.0897 e. The van der Waals surface area contributed by atoms with Crippen molar-refractivity contribution in [2.24, 2.45) is 7.05 Å². The molecule has 0 saturated heterocycles. The number of hydrogen-bond donors (Lipinski definition) is 1. The van der Waals surface area contributed by atoms with Crippen LogP contribution in [0.3, 0.4) is 0 Å². The molecule has 1 unspecified atom stereocenters. The van der Waals surface area contributed by atoms with Crippen LogP contribution in [-0.4, -0.2) is 21.3 Å². The molecule has 19 heavy (non-hydrogen) atoms. The van der Waals surface area contributed by atoms with E-state index in [-0.39, 0.29) is 6.04 Å². The normalized spacial score (nSPS) is 12.8. The lowest BCUT2D eigenvalue weighted by Gasteiger charge is -2.17. The Kier molecular flexibility index (Phi) is 4.71. The molecule has 1 N–H and O–H groups in total. The number of nitrogens with zero attached hydrogens (tertiary/aromatic N) is 3. The van der Waals surface area contributed by atoms with E-state index in [0.29, 0.717) is 0 Å². The van der Waals surface area contributed by atoms with Gasteiger partial charge in [0, 0.05) is 18.8 Å². The second-order valence-electron chi connectivity index (χ2n) is 4.90. The topological polar surface area (TPSA) is 42.7 Å². The molecular weight excluding hydrogens is 256 g/mol. The standard InChI is InChI=1S/C14H22N4S/c1-5-6-15-13(8-12-9-19-11(3)16-12)14-7-10(2)17-18(14)4/h7,9,13,15H,5-6,8H2,1-4H3. The first-order valence-corrected chi connectivity index (χ1v) is 7.63. The van der Waals surface area contributed by atoms with E-state index in [2.05, 4.69) is 40.7 Å². The van der Waals surface area contributed by atoms with E-state index in [0.717, 1.165) is 35.8 Å². The lowest BCUT2D eigenvalue weighted by Crippen LogP contribution is -2.26. The molecule has 0 bridgehead atoms. The molecule has 0 aromatic carbocycles. The van der Waals surface area contributed by atoms with Crippen molar-refractivity contribution < 1.29 is 0 Å². The Hall–Kier alpha value is -1.20. The van der Waals surface area contributed by atoms with Crippen LogP contribution in [0.5, 0.6) is 0 Å². The molecule has 1 atom stereocenters. The Morgan fingerprint density at radius 1 is 1.42 bits per heavy atom. The molecule has 0 fully saturated rings. The first-order valence-electron chi connectivity index (χ1n) is 6.75. The number of thiazole rings is 1. The van der Waals surface area contributed by atoms with E-state index in [1.165, 1.54) is 5.69 Å². The van der Waals surface area contributed by atoms with E-state index in [9.17, 15) is 0 Å². The first-order chi connectivity index (χ1) is 9.10. The minimum atomic E-state index is 0.285. The number of aromatic nitrogens is 3. The summed E-state index contributed by atoms with van der Waals surface area (Å²) in [6, 6.07) is 2.44. The van der Waals surface area contributed by atoms with Gasteiger partial charge in [0.2, 0.25) is 0 Å². The van der Waals surface area contributed by atoms with Gasteiger partial charge in [0.05, 0.1) is 28.1 Å². The summed E-state index contributed by atoms with van der Waals surface area (Å²) in [7, 11) is 2.01. The fraction of sp³-hybridized carbons (Fsp3) is 0.571. The Balaban J connectivity index is 2.18. The van der Waals surface area contributed by atoms with Gasteiger partial charge in [0.25, 0.3) is 0 Å². The fourth-order valence-electron chi connectivity index (χ4n) is 2.27. The van der Waals surface area contributed by atoms with Gasteiger partial charge >= 0.3 is 0 Å². The van der Waals surface area contributed by atoms with Crippen molar-refractivity contribution in [3.05, 3.63) is 33.5 Å². The molecule has 2 aromatic rings. The SMILES string of the molecule is CCCNC(Cc1csc(C)n1)c1cc(C)nn1C. The summed E-state index contributed by atoms with van der Waals surface area (Å²) >= 11 is 1.71. The molecule has 2 aromatic heterocycles. The summed E-state index contributed by atoms with van der Waals surface area (Å²) in [6.45, 7) is 7.29. The van der Waals surface area contributed by atoms with Gasteiger partial charge in [-0.25, -0.2) is 4.98 Å². The average molecular weight is 278 g/mol. The molecule has 0 saturated carbocycles. The molecule has 5 heteroatoms. The maximum atomic E-state index is 4.57. The van der Waals surface area contributed by atoms with E-state index in [4.69, 9.17) is 0 Å². The van der Waals surface area contributed by atoms with Crippen molar-refractivity contribution in [2.45, 2.75) is 39.7 Å². The minimum absolute atomic E-state index is 0.285. The number of aryl methyl sites for hydroxylation is 3. The maximum absolute atomic E-state index is 4.57. The molecule has 104 valence electrons. The monoisotopic (exact) mass is 278 g/mol. The van der Waals surface area contributed by atoms with Gasteiger partial charge in [-0.2, -0.15) is 5.10 Å². The summed E-state index contributed by atoms with van der Waals surface area (Å²) in [5.74, 6) is 0. The van der Waals surface area contributed by atoms with Gasteiger partial charge in [-0.1, -0.05) is 6.92 Å². The molecule has 0 amide bonds. The van der Waals surface area contributed by atoms with Crippen LogP contribution in [0.25, 0.3) is 0 Å². The van der Waals surface area contributed by atoms with Crippen molar-refractivity contribution in [3.63, 3.8) is 0 Å². The third-order valence-electron chi connectivity index (χ3n) is 3.12. The second kappa shape index (κ2) is 6.30. The zero-order valence-electron chi connectivity index (χ0n) is 12.1. The third-order valence-corrected chi connectivity index (χ3v) is 3.94. The van der Waals surface area contributed by atoms with E-state index in [1.807, 2.05) is 18.7 Å². The summed E-state index contributed by atoms with van der Waals surface area (Å²) < 4.78 is 1.97. The van der Waals surface area contributed by atoms with Crippen LogP contribution in [0.2, 0.25) is 0 Å². The van der Waals surface area contributed by atoms with Crippen LogP contribution in [0.4, 0.5) is 0 Å². The van der Waals surface area contributed by atoms with Crippen molar-refractivity contribution in [3.8, 4) is 0 Å². The van der Waals surface area contributed by atoms with Crippen LogP contribution < -0.4 is 5.32 Å². The summed E-state index contributed by atoms with van der Waals surface area (Å²) in [4.78, 5) is 4.57. The van der Waals surface area contributed by atoms with Crippen LogP contribution in [0, 0.1) is 13.8 Å². The molecular formula is C14H22N4S. The van der Waals surface area contributed by atoms with Gasteiger partial charge in [0.1, 0.15) is 0 Å². The summed E-state index contributed by atoms with van der Waals surface area (Å²) in [5.41, 5.74) is 3.46. The molecule has 0 spiro atoms. The average Bonchev–Trinajstić information content (AvgIpc) is 2.91. The molecule has 4 nitrogen and oxygen atoms in total. The van der Waals surface area contributed by atoms with Gasteiger partial charge < -0.3 is 5.32 Å². The Morgan fingerprint density at radius 2 is 2.21 bits per heavy atom. The van der Waals surface area contributed by atoms with E-state index in [1.54, 1.807) is 11.3 Å². The fourth-order valence-corrected chi connectivity index (χ4v) is 2.89. The third kappa shape index (κ3) is 3.64. The highest BCUT2D eigenvalue weighted by Gasteiger charge is 2.17. The predicted octanol–water partition coefficient (Wildman–Crippen LogP) is 2.78. The van der Waals surface area contributed by atoms with Crippen LogP contribution in [-0.2, 0) is 13.5 Å². The molecule has 0 aliphatic rings. The zero-order valence-corrected chi connectivity index (χ0v) is 12.9. The molecule has 2 heterocycles. The van der Waals surface area contributed by atoms with Gasteiger partial charge in [-0.15, -0.1) is 11.3 Å². The Morgan fingerprint density at radius 3 is 2.74 bits per heavy atom. The largest absolute Gasteiger partial charge is 0.308 e. The lowest BCUT2D eigenvalue weighted by molar-refractivity contribution is 0.490. The van der Waals surface area contributed by atoms with Gasteiger partial charge in [0.15, 0.2) is 0 Å². The van der Waals surface area contributed by atoms with Crippen LogP contribution in [0.1, 0.15) is 41.5 Å². The molecule has 2 rings (SSSR count). The molecule has 0 aliphatic carbocycles. The second-order valence-corrected chi connectivity index (χ2v) is 5.97. The van der Waals surface area contributed by atoms with Gasteiger partial charge in [-0.3, -0.25) is 4.68 Å². The van der Waals surface area contributed by atoms with Crippen molar-refractivity contribution in [2.75, 3.05) is 6.54 Å². The quantitative estimate of drug-likeness (QED) is 0.883. The van der Waals surface area contributed by atoms with E-state index < -0.39 is 0 Å². The highest BCUT2D eigenvalue weighted by molar-refractivity contribution is 7.09. The molecule has 0 aliphatic heterocycles. The first kappa shape index (κ1) is 14.2. The number of nitrogens with one attached hydrogen (secondary N) is 1. The number of rotatable bonds is 6. The van der Waals surface area contributed by atoms with Crippen LogP contribution in [0.15, 0.2) is 11.4 Å². The Labute approximate surface area is 118 Å². The van der Waals surface area contributed by atoms with E-state index >= 15 is 0 Å². The number of hydrogen-bond acceptors (Lipinski definition) is 4. The van der Waals surface area contributed by atoms with Crippen molar-refractivity contribution >= 4 is 11.3 Å². The minimum Gasteiger partial charge on any atom is -0.308 e. The summed E-state index contributed by atoms with van der Waals surface area (Å²) in [5, 5.41) is 11.3. The maximum Gasteiger partial charge on any atom is 0.0897 e. The summed E-state index contributed by atoms with van der Waals surface area (Å²) in [6.07, 6.45) is 2.05. The van der Waals surface area contributed by atoms with Crippen LogP contribution >= 0.6 is 11.3 Å². The van der Waals surface area contributed by atoms with Gasteiger partial charge in [-0.05, 0) is 32.9 Å². The highest BCUT2D eigenvalue weighted by atomic mass is 32.1. The van der Waals surface area contributed by atoms with Crippen molar-refractivity contribution in [1.82, 2.24) is 20.1 Å². The van der Waals surface area contributed by atoms with Crippen molar-refractivity contribution in [1.29, 1.82) is 0 Å². The zero-order chi connectivity index (χ0) is 13.8. The Bertz CT molecular complexity index is 529. The highest BCUT2D eigenvalue weighted by Crippen LogP contribution is 2.20. The predicted molar refractivity (Wildman–Crippen MR) is 79.5 cm³/mol. The lowest BCUT2D eigenvalue weighted by atomic mass is 10.1.